The summed E-state index contributed by atoms with van der Waals surface area (Å²) in [7, 11) is 0. The number of thiazole rings is 1. The molecule has 0 unspecified atom stereocenters. The van der Waals surface area contributed by atoms with E-state index in [4.69, 9.17) is 0 Å². The van der Waals surface area contributed by atoms with Crippen LogP contribution in [0.4, 0.5) is 4.79 Å². The van der Waals surface area contributed by atoms with E-state index in [1.807, 2.05) is 36.4 Å². The summed E-state index contributed by atoms with van der Waals surface area (Å²) in [5, 5.41) is 6.83. The molecule has 0 aliphatic heterocycles. The first-order valence-electron chi connectivity index (χ1n) is 8.75. The summed E-state index contributed by atoms with van der Waals surface area (Å²) in [4.78, 5) is 17.8. The summed E-state index contributed by atoms with van der Waals surface area (Å²) in [6.45, 7) is 3.17. The van der Waals surface area contributed by atoms with Gasteiger partial charge < -0.3 is 10.6 Å². The maximum atomic E-state index is 11.9. The lowest BCUT2D eigenvalue weighted by molar-refractivity contribution is 0.240. The number of aromatic nitrogens is 1. The maximum Gasteiger partial charge on any atom is 0.315 e. The Hall–Kier alpha value is -2.66. The highest BCUT2D eigenvalue weighted by Crippen LogP contribution is 2.21. The van der Waals surface area contributed by atoms with Gasteiger partial charge in [-0.3, -0.25) is 0 Å². The molecule has 1 heterocycles. The van der Waals surface area contributed by atoms with Crippen molar-refractivity contribution in [1.82, 2.24) is 15.6 Å². The smallest absolute Gasteiger partial charge is 0.315 e. The van der Waals surface area contributed by atoms with Gasteiger partial charge in [0.1, 0.15) is 0 Å². The highest BCUT2D eigenvalue weighted by Gasteiger charge is 2.09. The van der Waals surface area contributed by atoms with Crippen molar-refractivity contribution in [2.45, 2.75) is 26.3 Å². The number of carbonyl (C=O) groups excluding carboxylic acids is 1. The molecule has 134 valence electrons. The molecule has 2 N–H and O–H groups in total. The van der Waals surface area contributed by atoms with Crippen LogP contribution in [0, 0.1) is 6.92 Å². The average Bonchev–Trinajstić information content (AvgIpc) is 3.01. The molecule has 0 bridgehead atoms. The number of nitrogens with zero attached hydrogens (tertiary/aromatic N) is 1. The lowest BCUT2D eigenvalue weighted by atomic mass is 10.1. The normalized spacial score (nSPS) is 10.5. The molecule has 0 saturated carbocycles. The predicted molar refractivity (Wildman–Crippen MR) is 106 cm³/mol. The fraction of sp³-hybridized carbons (Fsp3) is 0.238. The minimum absolute atomic E-state index is 0.147. The summed E-state index contributed by atoms with van der Waals surface area (Å²) >= 11 is 1.73. The van der Waals surface area contributed by atoms with Gasteiger partial charge in [0.05, 0.1) is 10.7 Å². The van der Waals surface area contributed by atoms with Crippen molar-refractivity contribution in [3.8, 4) is 0 Å². The molecule has 1 aromatic heterocycles. The van der Waals surface area contributed by atoms with E-state index in [1.165, 1.54) is 10.4 Å². The predicted octanol–water partition coefficient (Wildman–Crippen LogP) is 4.08. The third-order valence-corrected chi connectivity index (χ3v) is 5.28. The van der Waals surface area contributed by atoms with E-state index < -0.39 is 0 Å². The van der Waals surface area contributed by atoms with Crippen molar-refractivity contribution in [1.29, 1.82) is 0 Å². The molecular weight excluding hydrogens is 342 g/mol. The number of hydrogen-bond donors (Lipinski definition) is 2. The van der Waals surface area contributed by atoms with Crippen molar-refractivity contribution < 1.29 is 4.79 Å². The van der Waals surface area contributed by atoms with E-state index in [0.717, 1.165) is 29.1 Å². The molecule has 0 aliphatic carbocycles. The fourth-order valence-corrected chi connectivity index (χ4v) is 3.77. The number of aryl methyl sites for hydroxylation is 1. The number of amides is 2. The van der Waals surface area contributed by atoms with E-state index >= 15 is 0 Å². The fourth-order valence-electron chi connectivity index (χ4n) is 2.66. The molecule has 2 amide bonds. The van der Waals surface area contributed by atoms with Gasteiger partial charge in [-0.2, -0.15) is 0 Å². The Bertz CT molecular complexity index is 831. The Morgan fingerprint density at radius 2 is 1.62 bits per heavy atom. The minimum Gasteiger partial charge on any atom is -0.338 e. The number of rotatable bonds is 7. The van der Waals surface area contributed by atoms with E-state index in [0.29, 0.717) is 13.1 Å². The zero-order valence-electron chi connectivity index (χ0n) is 14.9. The van der Waals surface area contributed by atoms with E-state index in [1.54, 1.807) is 11.3 Å². The van der Waals surface area contributed by atoms with Crippen LogP contribution in [-0.4, -0.2) is 17.6 Å². The molecule has 3 aromatic rings. The van der Waals surface area contributed by atoms with Crippen LogP contribution < -0.4 is 10.6 Å². The lowest BCUT2D eigenvalue weighted by Crippen LogP contribution is -2.36. The number of benzene rings is 2. The minimum atomic E-state index is -0.147. The van der Waals surface area contributed by atoms with Crippen LogP contribution in [0.25, 0.3) is 0 Å². The monoisotopic (exact) mass is 365 g/mol. The van der Waals surface area contributed by atoms with E-state index in [-0.39, 0.29) is 6.03 Å². The quantitative estimate of drug-likeness (QED) is 0.663. The molecular formula is C21H23N3OS. The second-order valence-electron chi connectivity index (χ2n) is 6.12. The first kappa shape index (κ1) is 18.1. The summed E-state index contributed by atoms with van der Waals surface area (Å²) in [6.07, 6.45) is 1.66. The first-order chi connectivity index (χ1) is 12.7. The molecule has 3 rings (SSSR count). The Morgan fingerprint density at radius 1 is 0.962 bits per heavy atom. The topological polar surface area (TPSA) is 54.0 Å². The average molecular weight is 366 g/mol. The molecule has 0 atom stereocenters. The SMILES string of the molecule is Cc1nc(CCNC(=O)NCc2ccccc2)sc1Cc1ccccc1. The third kappa shape index (κ3) is 5.43. The number of nitrogens with one attached hydrogen (secondary N) is 2. The Labute approximate surface area is 158 Å². The number of urea groups is 1. The molecule has 5 heteroatoms. The van der Waals surface area contributed by atoms with E-state index in [2.05, 4.69) is 46.8 Å². The molecule has 0 aliphatic rings. The van der Waals surface area contributed by atoms with Gasteiger partial charge in [-0.05, 0) is 18.1 Å². The van der Waals surface area contributed by atoms with Gasteiger partial charge in [0.15, 0.2) is 0 Å². The van der Waals surface area contributed by atoms with Crippen LogP contribution in [0.15, 0.2) is 60.7 Å². The van der Waals surface area contributed by atoms with Gasteiger partial charge in [-0.15, -0.1) is 11.3 Å². The van der Waals surface area contributed by atoms with Gasteiger partial charge in [0.2, 0.25) is 0 Å². The second kappa shape index (κ2) is 9.15. The molecule has 26 heavy (non-hydrogen) atoms. The van der Waals surface area contributed by atoms with Crippen molar-refractivity contribution in [3.05, 3.63) is 87.4 Å². The van der Waals surface area contributed by atoms with Gasteiger partial charge in [-0.25, -0.2) is 9.78 Å². The summed E-state index contributed by atoms with van der Waals surface area (Å²) < 4.78 is 0. The van der Waals surface area contributed by atoms with Crippen LogP contribution in [0.1, 0.15) is 26.7 Å². The number of hydrogen-bond acceptors (Lipinski definition) is 3. The zero-order chi connectivity index (χ0) is 18.2. The van der Waals surface area contributed by atoms with Crippen LogP contribution in [0.2, 0.25) is 0 Å². The van der Waals surface area contributed by atoms with Gasteiger partial charge in [-0.1, -0.05) is 60.7 Å². The van der Waals surface area contributed by atoms with E-state index in [9.17, 15) is 4.79 Å². The van der Waals surface area contributed by atoms with Crippen LogP contribution in [0.3, 0.4) is 0 Å². The standard InChI is InChI=1S/C21H23N3OS/c1-16-19(14-17-8-4-2-5-9-17)26-20(24-16)12-13-22-21(25)23-15-18-10-6-3-7-11-18/h2-11H,12-15H2,1H3,(H2,22,23,25). The molecule has 0 spiro atoms. The largest absolute Gasteiger partial charge is 0.338 e. The maximum absolute atomic E-state index is 11.9. The summed E-state index contributed by atoms with van der Waals surface area (Å²) in [5.74, 6) is 0. The zero-order valence-corrected chi connectivity index (χ0v) is 15.7. The molecule has 0 radical (unpaired) electrons. The van der Waals surface area contributed by atoms with Crippen molar-refractivity contribution in [3.63, 3.8) is 0 Å². The van der Waals surface area contributed by atoms with Crippen LogP contribution >= 0.6 is 11.3 Å². The first-order valence-corrected chi connectivity index (χ1v) is 9.57. The Morgan fingerprint density at radius 3 is 2.31 bits per heavy atom. The summed E-state index contributed by atoms with van der Waals surface area (Å²) in [5.41, 5.74) is 3.47. The van der Waals surface area contributed by atoms with Gasteiger partial charge in [0, 0.05) is 30.8 Å². The molecule has 2 aromatic carbocycles. The highest BCUT2D eigenvalue weighted by molar-refractivity contribution is 7.11. The van der Waals surface area contributed by atoms with Gasteiger partial charge >= 0.3 is 6.03 Å². The van der Waals surface area contributed by atoms with Crippen molar-refractivity contribution in [2.75, 3.05) is 6.54 Å². The van der Waals surface area contributed by atoms with Crippen molar-refractivity contribution >= 4 is 17.4 Å². The van der Waals surface area contributed by atoms with Crippen molar-refractivity contribution in [2.24, 2.45) is 0 Å². The lowest BCUT2D eigenvalue weighted by Gasteiger charge is -2.06. The summed E-state index contributed by atoms with van der Waals surface area (Å²) in [6, 6.07) is 20.2. The van der Waals surface area contributed by atoms with Crippen LogP contribution in [-0.2, 0) is 19.4 Å². The highest BCUT2D eigenvalue weighted by atomic mass is 32.1. The number of carbonyl (C=O) groups is 1. The molecule has 0 saturated heterocycles. The Kier molecular flexibility index (Phi) is 6.39. The third-order valence-electron chi connectivity index (χ3n) is 4.06. The second-order valence-corrected chi connectivity index (χ2v) is 7.29. The Balaban J connectivity index is 1.43. The molecule has 4 nitrogen and oxygen atoms in total. The van der Waals surface area contributed by atoms with Crippen LogP contribution in [0.5, 0.6) is 0 Å². The molecule has 0 fully saturated rings. The van der Waals surface area contributed by atoms with Gasteiger partial charge in [0.25, 0.3) is 0 Å².